The second-order valence-corrected chi connectivity index (χ2v) is 4.73. The van der Waals surface area contributed by atoms with Gasteiger partial charge in [0.2, 0.25) is 5.91 Å². The number of hydrogen-bond donors (Lipinski definition) is 2. The van der Waals surface area contributed by atoms with Crippen LogP contribution in [0.4, 0.5) is 0 Å². The summed E-state index contributed by atoms with van der Waals surface area (Å²) >= 11 is 0. The lowest BCUT2D eigenvalue weighted by atomic mass is 9.90. The number of piperidine rings is 1. The van der Waals surface area contributed by atoms with Gasteiger partial charge in [0.05, 0.1) is 6.10 Å². The smallest absolute Gasteiger partial charge is 0.221 e. The van der Waals surface area contributed by atoms with Crippen molar-refractivity contribution >= 4 is 5.91 Å². The Kier molecular flexibility index (Phi) is 5.77. The fourth-order valence-corrected chi connectivity index (χ4v) is 2.00. The Labute approximate surface area is 98.1 Å². The monoisotopic (exact) mass is 228 g/mol. The quantitative estimate of drug-likeness (QED) is 0.735. The molecule has 4 heteroatoms. The largest absolute Gasteiger partial charge is 0.380 e. The van der Waals surface area contributed by atoms with E-state index in [2.05, 4.69) is 17.6 Å². The number of methoxy groups -OCH3 is 1. The lowest BCUT2D eigenvalue weighted by molar-refractivity contribution is -0.122. The Morgan fingerprint density at radius 2 is 2.38 bits per heavy atom. The molecule has 0 saturated carbocycles. The van der Waals surface area contributed by atoms with Gasteiger partial charge in [-0.05, 0) is 32.2 Å². The molecule has 0 spiro atoms. The van der Waals surface area contributed by atoms with Crippen molar-refractivity contribution in [1.29, 1.82) is 0 Å². The van der Waals surface area contributed by atoms with E-state index in [1.54, 1.807) is 7.11 Å². The first-order valence-electron chi connectivity index (χ1n) is 6.16. The van der Waals surface area contributed by atoms with E-state index < -0.39 is 0 Å². The molecule has 2 N–H and O–H groups in total. The van der Waals surface area contributed by atoms with Crippen molar-refractivity contribution in [3.8, 4) is 0 Å². The topological polar surface area (TPSA) is 50.4 Å². The average molecular weight is 228 g/mol. The summed E-state index contributed by atoms with van der Waals surface area (Å²) in [4.78, 5) is 11.7. The van der Waals surface area contributed by atoms with Crippen molar-refractivity contribution in [1.82, 2.24) is 10.6 Å². The predicted molar refractivity (Wildman–Crippen MR) is 64.3 cm³/mol. The SMILES string of the molecule is COC(C)CNC(=O)CC1NCCCC1C. The van der Waals surface area contributed by atoms with Crippen LogP contribution in [0.2, 0.25) is 0 Å². The van der Waals surface area contributed by atoms with Crippen molar-refractivity contribution < 1.29 is 9.53 Å². The van der Waals surface area contributed by atoms with Crippen molar-refractivity contribution in [2.75, 3.05) is 20.2 Å². The Morgan fingerprint density at radius 3 is 3.00 bits per heavy atom. The average Bonchev–Trinajstić information content (AvgIpc) is 2.29. The maximum atomic E-state index is 11.7. The summed E-state index contributed by atoms with van der Waals surface area (Å²) in [5.41, 5.74) is 0. The third-order valence-corrected chi connectivity index (χ3v) is 3.32. The van der Waals surface area contributed by atoms with Crippen LogP contribution in [0, 0.1) is 5.92 Å². The molecule has 1 aliphatic heterocycles. The lowest BCUT2D eigenvalue weighted by Crippen LogP contribution is -2.44. The fourth-order valence-electron chi connectivity index (χ4n) is 2.00. The molecule has 3 atom stereocenters. The molecule has 0 aliphatic carbocycles. The molecule has 94 valence electrons. The van der Waals surface area contributed by atoms with Crippen LogP contribution in [-0.2, 0) is 9.53 Å². The second kappa shape index (κ2) is 6.86. The van der Waals surface area contributed by atoms with Gasteiger partial charge in [-0.3, -0.25) is 4.79 Å². The summed E-state index contributed by atoms with van der Waals surface area (Å²) in [6, 6.07) is 0.339. The minimum atomic E-state index is 0.0840. The van der Waals surface area contributed by atoms with Crippen molar-refractivity contribution in [3.05, 3.63) is 0 Å². The number of ether oxygens (including phenoxy) is 1. The maximum absolute atomic E-state index is 11.7. The minimum Gasteiger partial charge on any atom is -0.380 e. The van der Waals surface area contributed by atoms with Crippen LogP contribution in [-0.4, -0.2) is 38.3 Å². The van der Waals surface area contributed by atoms with Gasteiger partial charge < -0.3 is 15.4 Å². The van der Waals surface area contributed by atoms with Crippen LogP contribution in [0.3, 0.4) is 0 Å². The number of rotatable bonds is 5. The Bertz CT molecular complexity index is 221. The first kappa shape index (κ1) is 13.5. The second-order valence-electron chi connectivity index (χ2n) is 4.73. The highest BCUT2D eigenvalue weighted by Gasteiger charge is 2.23. The van der Waals surface area contributed by atoms with Crippen molar-refractivity contribution in [2.24, 2.45) is 5.92 Å². The van der Waals surface area contributed by atoms with Gasteiger partial charge in [0.25, 0.3) is 0 Å². The van der Waals surface area contributed by atoms with Gasteiger partial charge in [0.1, 0.15) is 0 Å². The molecule has 0 bridgehead atoms. The molecule has 0 aromatic heterocycles. The molecular weight excluding hydrogens is 204 g/mol. The predicted octanol–water partition coefficient (Wildman–Crippen LogP) is 0.916. The fraction of sp³-hybridized carbons (Fsp3) is 0.917. The highest BCUT2D eigenvalue weighted by Crippen LogP contribution is 2.17. The van der Waals surface area contributed by atoms with Gasteiger partial charge >= 0.3 is 0 Å². The highest BCUT2D eigenvalue weighted by molar-refractivity contribution is 5.76. The number of amides is 1. The Morgan fingerprint density at radius 1 is 1.62 bits per heavy atom. The zero-order valence-corrected chi connectivity index (χ0v) is 10.6. The molecule has 1 rings (SSSR count). The number of carbonyl (C=O) groups excluding carboxylic acids is 1. The van der Waals surface area contributed by atoms with Gasteiger partial charge in [0.15, 0.2) is 0 Å². The van der Waals surface area contributed by atoms with Gasteiger partial charge in [-0.1, -0.05) is 6.92 Å². The summed E-state index contributed by atoms with van der Waals surface area (Å²) in [5.74, 6) is 0.717. The standard InChI is InChI=1S/C12H24N2O2/c1-9-5-4-6-13-11(9)7-12(15)14-8-10(2)16-3/h9-11,13H,4-8H2,1-3H3,(H,14,15). The van der Waals surface area contributed by atoms with Gasteiger partial charge in [0, 0.05) is 26.1 Å². The van der Waals surface area contributed by atoms with E-state index in [0.29, 0.717) is 24.9 Å². The molecule has 1 fully saturated rings. The molecule has 4 nitrogen and oxygen atoms in total. The van der Waals surface area contributed by atoms with E-state index in [1.807, 2.05) is 6.92 Å². The molecule has 1 aliphatic rings. The molecule has 1 heterocycles. The van der Waals surface area contributed by atoms with Gasteiger partial charge in [-0.25, -0.2) is 0 Å². The van der Waals surface area contributed by atoms with E-state index >= 15 is 0 Å². The third-order valence-electron chi connectivity index (χ3n) is 3.32. The third kappa shape index (κ3) is 4.49. The minimum absolute atomic E-state index is 0.0840. The summed E-state index contributed by atoms with van der Waals surface area (Å²) in [6.45, 7) is 5.79. The number of carbonyl (C=O) groups is 1. The van der Waals surface area contributed by atoms with E-state index in [4.69, 9.17) is 4.74 Å². The molecule has 0 aromatic rings. The van der Waals surface area contributed by atoms with Crippen molar-refractivity contribution in [2.45, 2.75) is 45.3 Å². The zero-order chi connectivity index (χ0) is 12.0. The Balaban J connectivity index is 2.22. The molecule has 16 heavy (non-hydrogen) atoms. The Hall–Kier alpha value is -0.610. The van der Waals surface area contributed by atoms with Crippen LogP contribution in [0.15, 0.2) is 0 Å². The molecule has 1 saturated heterocycles. The molecule has 3 unspecified atom stereocenters. The molecule has 0 radical (unpaired) electrons. The van der Waals surface area contributed by atoms with Crippen LogP contribution in [0.25, 0.3) is 0 Å². The summed E-state index contributed by atoms with van der Waals surface area (Å²) in [5, 5.41) is 6.31. The first-order valence-corrected chi connectivity index (χ1v) is 6.16. The van der Waals surface area contributed by atoms with Crippen molar-refractivity contribution in [3.63, 3.8) is 0 Å². The summed E-state index contributed by atoms with van der Waals surface area (Å²) in [6.07, 6.45) is 3.11. The van der Waals surface area contributed by atoms with Gasteiger partial charge in [-0.15, -0.1) is 0 Å². The maximum Gasteiger partial charge on any atom is 0.221 e. The van der Waals surface area contributed by atoms with Crippen LogP contribution < -0.4 is 10.6 Å². The van der Waals surface area contributed by atoms with E-state index in [0.717, 1.165) is 6.54 Å². The zero-order valence-electron chi connectivity index (χ0n) is 10.6. The molecule has 1 amide bonds. The van der Waals surface area contributed by atoms with Crippen LogP contribution in [0.1, 0.15) is 33.1 Å². The lowest BCUT2D eigenvalue weighted by Gasteiger charge is -2.29. The number of hydrogen-bond acceptors (Lipinski definition) is 3. The number of nitrogens with one attached hydrogen (secondary N) is 2. The summed E-state index contributed by atoms with van der Waals surface area (Å²) in [7, 11) is 1.65. The van der Waals surface area contributed by atoms with Crippen LogP contribution in [0.5, 0.6) is 0 Å². The van der Waals surface area contributed by atoms with E-state index in [9.17, 15) is 4.79 Å². The first-order chi connectivity index (χ1) is 7.63. The normalized spacial score (nSPS) is 27.4. The van der Waals surface area contributed by atoms with E-state index in [-0.39, 0.29) is 12.0 Å². The van der Waals surface area contributed by atoms with Gasteiger partial charge in [-0.2, -0.15) is 0 Å². The summed E-state index contributed by atoms with van der Waals surface area (Å²) < 4.78 is 5.08. The van der Waals surface area contributed by atoms with E-state index in [1.165, 1.54) is 12.8 Å². The van der Waals surface area contributed by atoms with Crippen LogP contribution >= 0.6 is 0 Å². The highest BCUT2D eigenvalue weighted by atomic mass is 16.5. The molecular formula is C12H24N2O2. The molecule has 0 aromatic carbocycles.